The molecule has 2 heteroatoms. The highest BCUT2D eigenvalue weighted by Crippen LogP contribution is 2.41. The monoisotopic (exact) mass is 424 g/mol. The van der Waals surface area contributed by atoms with Gasteiger partial charge in [0.25, 0.3) is 0 Å². The first-order valence-electron chi connectivity index (χ1n) is 11.9. The number of benzene rings is 5. The Morgan fingerprint density at radius 2 is 1.36 bits per heavy atom. The largest absolute Gasteiger partial charge is 0.298 e. The molecular formula is C31H24N2. The molecular weight excluding hydrogens is 400 g/mol. The summed E-state index contributed by atoms with van der Waals surface area (Å²) >= 11 is 0. The van der Waals surface area contributed by atoms with Crippen molar-refractivity contribution in [3.8, 4) is 11.3 Å². The van der Waals surface area contributed by atoms with E-state index in [2.05, 4.69) is 103 Å². The number of hydrogen-bond donors (Lipinski definition) is 0. The van der Waals surface area contributed by atoms with Crippen LogP contribution >= 0.6 is 0 Å². The second-order valence-electron chi connectivity index (χ2n) is 8.99. The second-order valence-corrected chi connectivity index (χ2v) is 8.99. The van der Waals surface area contributed by atoms with E-state index in [0.29, 0.717) is 0 Å². The molecule has 0 radical (unpaired) electrons. The van der Waals surface area contributed by atoms with E-state index in [9.17, 15) is 0 Å². The van der Waals surface area contributed by atoms with Crippen LogP contribution in [0.25, 0.3) is 60.1 Å². The molecule has 158 valence electrons. The van der Waals surface area contributed by atoms with Crippen molar-refractivity contribution < 1.29 is 0 Å². The third-order valence-corrected chi connectivity index (χ3v) is 7.28. The van der Waals surface area contributed by atoms with E-state index in [-0.39, 0.29) is 0 Å². The Balaban J connectivity index is 1.75. The van der Waals surface area contributed by atoms with Crippen molar-refractivity contribution in [1.82, 2.24) is 9.38 Å². The van der Waals surface area contributed by atoms with Gasteiger partial charge in [0.1, 0.15) is 5.65 Å². The van der Waals surface area contributed by atoms with Crippen LogP contribution in [0.4, 0.5) is 0 Å². The van der Waals surface area contributed by atoms with Crippen LogP contribution in [0, 0.1) is 0 Å². The Kier molecular flexibility index (Phi) is 3.84. The van der Waals surface area contributed by atoms with Crippen molar-refractivity contribution in [2.24, 2.45) is 0 Å². The molecule has 0 atom stereocenters. The molecule has 0 spiro atoms. The molecule has 0 aliphatic rings. The van der Waals surface area contributed by atoms with Gasteiger partial charge in [-0.25, -0.2) is 4.98 Å². The molecule has 0 aliphatic heterocycles. The molecule has 2 aromatic heterocycles. The third-order valence-electron chi connectivity index (χ3n) is 7.28. The van der Waals surface area contributed by atoms with Gasteiger partial charge < -0.3 is 0 Å². The van der Waals surface area contributed by atoms with Crippen LogP contribution in [0.3, 0.4) is 0 Å². The molecule has 0 N–H and O–H groups in total. The predicted octanol–water partition coefficient (Wildman–Crippen LogP) is 8.18. The minimum absolute atomic E-state index is 1.000. The van der Waals surface area contributed by atoms with Crippen molar-refractivity contribution in [3.63, 3.8) is 0 Å². The van der Waals surface area contributed by atoms with Gasteiger partial charge in [-0.15, -0.1) is 0 Å². The van der Waals surface area contributed by atoms with E-state index in [1.807, 2.05) is 0 Å². The second kappa shape index (κ2) is 6.79. The summed E-state index contributed by atoms with van der Waals surface area (Å²) in [4.78, 5) is 5.32. The van der Waals surface area contributed by atoms with Gasteiger partial charge in [-0.2, -0.15) is 0 Å². The number of imidazole rings is 1. The standard InChI is InChI=1S/C31H24N2/c1-3-19-10-7-11-20(4-2)27(19)26-18-33-30-24-13-6-5-9-22(24)17-23-16-15-21-12-8-14-25(31(33)32-26)28(21)29(23)30/h5-18H,3-4H2,1-2H3. The highest BCUT2D eigenvalue weighted by Gasteiger charge is 2.19. The van der Waals surface area contributed by atoms with Crippen LogP contribution in [0.1, 0.15) is 25.0 Å². The minimum atomic E-state index is 1.000. The van der Waals surface area contributed by atoms with Crippen LogP contribution in [0.5, 0.6) is 0 Å². The number of hydrogen-bond acceptors (Lipinski definition) is 1. The van der Waals surface area contributed by atoms with Crippen LogP contribution in [-0.2, 0) is 12.8 Å². The van der Waals surface area contributed by atoms with Crippen LogP contribution in [0.15, 0.2) is 85.1 Å². The molecule has 33 heavy (non-hydrogen) atoms. The highest BCUT2D eigenvalue weighted by molar-refractivity contribution is 6.30. The fraction of sp³-hybridized carbons (Fsp3) is 0.129. The number of aryl methyl sites for hydroxylation is 2. The van der Waals surface area contributed by atoms with Gasteiger partial charge >= 0.3 is 0 Å². The first kappa shape index (κ1) is 18.6. The van der Waals surface area contributed by atoms with Crippen molar-refractivity contribution in [3.05, 3.63) is 96.2 Å². The zero-order chi connectivity index (χ0) is 22.1. The lowest BCUT2D eigenvalue weighted by atomic mass is 9.94. The van der Waals surface area contributed by atoms with Gasteiger partial charge in [-0.1, -0.05) is 86.6 Å². The fourth-order valence-corrected chi connectivity index (χ4v) is 5.78. The van der Waals surface area contributed by atoms with Gasteiger partial charge in [0.2, 0.25) is 0 Å². The summed E-state index contributed by atoms with van der Waals surface area (Å²) in [6.45, 7) is 4.47. The molecule has 2 nitrogen and oxygen atoms in total. The SMILES string of the molecule is CCc1cccc(CC)c1-c1cn2c(n1)c1cccc3ccc4cc5ccccc5c2c4c31. The minimum Gasteiger partial charge on any atom is -0.298 e. The summed E-state index contributed by atoms with van der Waals surface area (Å²) in [5.74, 6) is 0. The zero-order valence-electron chi connectivity index (χ0n) is 18.9. The molecule has 0 fully saturated rings. The number of pyridine rings is 1. The Labute approximate surface area is 192 Å². The fourth-order valence-electron chi connectivity index (χ4n) is 5.78. The van der Waals surface area contributed by atoms with Gasteiger partial charge in [0.05, 0.1) is 11.2 Å². The zero-order valence-corrected chi connectivity index (χ0v) is 18.9. The number of fused-ring (bicyclic) bond motifs is 5. The van der Waals surface area contributed by atoms with Gasteiger partial charge in [-0.05, 0) is 46.2 Å². The van der Waals surface area contributed by atoms with Crippen LogP contribution < -0.4 is 0 Å². The summed E-state index contributed by atoms with van der Waals surface area (Å²) in [5.41, 5.74) is 7.41. The van der Waals surface area contributed by atoms with Crippen molar-refractivity contribution in [2.45, 2.75) is 26.7 Å². The molecule has 0 saturated carbocycles. The average Bonchev–Trinajstić information content (AvgIpc) is 3.31. The van der Waals surface area contributed by atoms with E-state index >= 15 is 0 Å². The Bertz CT molecular complexity index is 1810. The average molecular weight is 425 g/mol. The lowest BCUT2D eigenvalue weighted by molar-refractivity contribution is 1.09. The summed E-state index contributed by atoms with van der Waals surface area (Å²) in [5, 5.41) is 8.97. The van der Waals surface area contributed by atoms with Crippen molar-refractivity contribution >= 4 is 48.9 Å². The van der Waals surface area contributed by atoms with Crippen molar-refractivity contribution in [2.75, 3.05) is 0 Å². The number of rotatable bonds is 3. The third kappa shape index (κ3) is 2.46. The molecule has 0 amide bonds. The summed E-state index contributed by atoms with van der Waals surface area (Å²) in [7, 11) is 0. The van der Waals surface area contributed by atoms with E-state index in [1.54, 1.807) is 0 Å². The lowest BCUT2D eigenvalue weighted by Gasteiger charge is -2.15. The molecule has 0 unspecified atom stereocenters. The van der Waals surface area contributed by atoms with Crippen molar-refractivity contribution in [1.29, 1.82) is 0 Å². The smallest absolute Gasteiger partial charge is 0.145 e. The lowest BCUT2D eigenvalue weighted by Crippen LogP contribution is -1.94. The molecule has 0 saturated heterocycles. The Morgan fingerprint density at radius 3 is 2.18 bits per heavy atom. The maximum absolute atomic E-state index is 5.32. The van der Waals surface area contributed by atoms with Gasteiger partial charge in [0.15, 0.2) is 0 Å². The maximum atomic E-state index is 5.32. The normalized spacial score (nSPS) is 12.2. The predicted molar refractivity (Wildman–Crippen MR) is 141 cm³/mol. The van der Waals surface area contributed by atoms with Gasteiger partial charge in [0, 0.05) is 33.3 Å². The molecule has 0 aliphatic carbocycles. The topological polar surface area (TPSA) is 17.3 Å². The summed E-state index contributed by atoms with van der Waals surface area (Å²) < 4.78 is 2.35. The van der Waals surface area contributed by atoms with Crippen LogP contribution in [0.2, 0.25) is 0 Å². The van der Waals surface area contributed by atoms with Gasteiger partial charge in [-0.3, -0.25) is 4.40 Å². The first-order chi connectivity index (χ1) is 16.3. The highest BCUT2D eigenvalue weighted by atomic mass is 15.0. The Morgan fingerprint density at radius 1 is 0.667 bits per heavy atom. The van der Waals surface area contributed by atoms with E-state index in [0.717, 1.165) is 24.2 Å². The maximum Gasteiger partial charge on any atom is 0.145 e. The molecule has 2 heterocycles. The Hall–Kier alpha value is -3.91. The molecule has 0 bridgehead atoms. The number of aromatic nitrogens is 2. The van der Waals surface area contributed by atoms with E-state index in [1.165, 1.54) is 59.9 Å². The summed E-state index contributed by atoms with van der Waals surface area (Å²) in [6.07, 6.45) is 4.28. The molecule has 7 rings (SSSR count). The van der Waals surface area contributed by atoms with E-state index < -0.39 is 0 Å². The number of nitrogens with zero attached hydrogens (tertiary/aromatic N) is 2. The quantitative estimate of drug-likeness (QED) is 0.206. The molecule has 5 aromatic carbocycles. The van der Waals surface area contributed by atoms with E-state index in [4.69, 9.17) is 4.98 Å². The molecule has 7 aromatic rings. The van der Waals surface area contributed by atoms with Crippen LogP contribution in [-0.4, -0.2) is 9.38 Å². The first-order valence-corrected chi connectivity index (χ1v) is 11.9. The summed E-state index contributed by atoms with van der Waals surface area (Å²) in [6, 6.07) is 28.9.